The summed E-state index contributed by atoms with van der Waals surface area (Å²) < 4.78 is 1.67. The number of hydrogen-bond acceptors (Lipinski definition) is 3. The molecule has 0 atom stereocenters. The van der Waals surface area contributed by atoms with Crippen LogP contribution in [0.4, 0.5) is 0 Å². The quantitative estimate of drug-likeness (QED) is 0.725. The normalized spacial score (nSPS) is 11.2. The fourth-order valence-electron chi connectivity index (χ4n) is 2.31. The lowest BCUT2D eigenvalue weighted by Gasteiger charge is -2.14. The van der Waals surface area contributed by atoms with Gasteiger partial charge in [0.2, 0.25) is 0 Å². The van der Waals surface area contributed by atoms with E-state index < -0.39 is 0 Å². The van der Waals surface area contributed by atoms with Gasteiger partial charge in [0, 0.05) is 22.8 Å². The third-order valence-electron chi connectivity index (χ3n) is 3.28. The molecule has 21 heavy (non-hydrogen) atoms. The molecule has 2 heterocycles. The van der Waals surface area contributed by atoms with Crippen molar-refractivity contribution in [1.82, 2.24) is 14.5 Å². The highest BCUT2D eigenvalue weighted by molar-refractivity contribution is 6.30. The minimum absolute atomic E-state index is 0.00366. The first-order valence-electron chi connectivity index (χ1n) is 6.71. The van der Waals surface area contributed by atoms with Crippen molar-refractivity contribution in [3.8, 4) is 11.3 Å². The first kappa shape index (κ1) is 13.8. The van der Waals surface area contributed by atoms with E-state index in [1.54, 1.807) is 35.0 Å². The summed E-state index contributed by atoms with van der Waals surface area (Å²) in [6, 6.07) is 10.8. The van der Waals surface area contributed by atoms with Crippen LogP contribution in [0.3, 0.4) is 0 Å². The van der Waals surface area contributed by atoms with Crippen molar-refractivity contribution >= 4 is 22.8 Å². The zero-order valence-electron chi connectivity index (χ0n) is 11.7. The predicted octanol–water partition coefficient (Wildman–Crippen LogP) is 3.69. The van der Waals surface area contributed by atoms with Crippen LogP contribution in [-0.4, -0.2) is 14.5 Å². The maximum absolute atomic E-state index is 12.7. The minimum atomic E-state index is -0.140. The monoisotopic (exact) mass is 299 g/mol. The summed E-state index contributed by atoms with van der Waals surface area (Å²) in [5.41, 5.74) is 2.34. The van der Waals surface area contributed by atoms with E-state index in [4.69, 9.17) is 11.6 Å². The van der Waals surface area contributed by atoms with Crippen LogP contribution in [0.25, 0.3) is 22.4 Å². The highest BCUT2D eigenvalue weighted by Crippen LogP contribution is 2.20. The van der Waals surface area contributed by atoms with Gasteiger partial charge < -0.3 is 0 Å². The highest BCUT2D eigenvalue weighted by Gasteiger charge is 2.15. The molecule has 5 heteroatoms. The molecule has 0 aliphatic heterocycles. The number of benzene rings is 1. The molecule has 106 valence electrons. The van der Waals surface area contributed by atoms with Gasteiger partial charge in [0.1, 0.15) is 11.2 Å². The van der Waals surface area contributed by atoms with Gasteiger partial charge in [0.15, 0.2) is 5.65 Å². The third kappa shape index (κ3) is 2.43. The molecule has 0 spiro atoms. The van der Waals surface area contributed by atoms with E-state index in [2.05, 4.69) is 9.97 Å². The highest BCUT2D eigenvalue weighted by atomic mass is 35.5. The molecule has 0 saturated heterocycles. The Bertz CT molecular complexity index is 854. The maximum atomic E-state index is 12.7. The Labute approximate surface area is 127 Å². The van der Waals surface area contributed by atoms with Gasteiger partial charge >= 0.3 is 0 Å². The Morgan fingerprint density at radius 1 is 1.14 bits per heavy atom. The molecular weight excluding hydrogens is 286 g/mol. The Hall–Kier alpha value is -2.20. The van der Waals surface area contributed by atoms with Crippen LogP contribution in [0.2, 0.25) is 5.02 Å². The number of hydrogen-bond donors (Lipinski definition) is 0. The lowest BCUT2D eigenvalue weighted by atomic mass is 10.1. The van der Waals surface area contributed by atoms with Gasteiger partial charge in [-0.3, -0.25) is 9.36 Å². The second kappa shape index (κ2) is 5.30. The molecule has 1 aromatic carbocycles. The van der Waals surface area contributed by atoms with E-state index >= 15 is 0 Å². The first-order valence-corrected chi connectivity index (χ1v) is 7.09. The Kier molecular flexibility index (Phi) is 3.47. The summed E-state index contributed by atoms with van der Waals surface area (Å²) in [5.74, 6) is 0. The van der Waals surface area contributed by atoms with Gasteiger partial charge in [-0.05, 0) is 38.1 Å². The zero-order chi connectivity index (χ0) is 15.0. The summed E-state index contributed by atoms with van der Waals surface area (Å²) in [4.78, 5) is 21.5. The molecule has 0 unspecified atom stereocenters. The van der Waals surface area contributed by atoms with Crippen molar-refractivity contribution in [2.24, 2.45) is 0 Å². The van der Waals surface area contributed by atoms with Crippen LogP contribution < -0.4 is 5.56 Å². The minimum Gasteiger partial charge on any atom is -0.287 e. The van der Waals surface area contributed by atoms with Crippen LogP contribution in [-0.2, 0) is 0 Å². The molecule has 0 bridgehead atoms. The molecule has 0 aliphatic rings. The molecular formula is C16H14ClN3O. The Morgan fingerprint density at radius 3 is 2.52 bits per heavy atom. The van der Waals surface area contributed by atoms with Gasteiger partial charge in [-0.15, -0.1) is 0 Å². The van der Waals surface area contributed by atoms with Gasteiger partial charge in [-0.2, -0.15) is 0 Å². The van der Waals surface area contributed by atoms with Gasteiger partial charge in [-0.25, -0.2) is 9.97 Å². The zero-order valence-corrected chi connectivity index (χ0v) is 12.5. The Morgan fingerprint density at radius 2 is 1.86 bits per heavy atom. The third-order valence-corrected chi connectivity index (χ3v) is 3.53. The van der Waals surface area contributed by atoms with E-state index in [0.717, 1.165) is 5.56 Å². The van der Waals surface area contributed by atoms with Crippen molar-refractivity contribution in [3.05, 3.63) is 58.0 Å². The van der Waals surface area contributed by atoms with Gasteiger partial charge in [0.05, 0.1) is 0 Å². The molecule has 0 aliphatic carbocycles. The summed E-state index contributed by atoms with van der Waals surface area (Å²) in [7, 11) is 0. The summed E-state index contributed by atoms with van der Waals surface area (Å²) in [6.45, 7) is 3.92. The van der Waals surface area contributed by atoms with Crippen molar-refractivity contribution < 1.29 is 0 Å². The second-order valence-electron chi connectivity index (χ2n) is 5.08. The second-order valence-corrected chi connectivity index (χ2v) is 5.52. The molecule has 3 aromatic rings. The fraction of sp³-hybridized carbons (Fsp3) is 0.188. The standard InChI is InChI=1S/C16H14ClN3O/c1-10(2)20-15-13(4-3-9-18-15)19-14(16(20)21)11-5-7-12(17)8-6-11/h3-10H,1-2H3. The summed E-state index contributed by atoms with van der Waals surface area (Å²) >= 11 is 5.90. The molecule has 3 rings (SSSR count). The van der Waals surface area contributed by atoms with Crippen LogP contribution in [0, 0.1) is 0 Å². The van der Waals surface area contributed by atoms with Gasteiger partial charge in [-0.1, -0.05) is 23.7 Å². The molecule has 0 amide bonds. The number of rotatable bonds is 2. The number of pyridine rings is 1. The topological polar surface area (TPSA) is 47.8 Å². The molecule has 4 nitrogen and oxygen atoms in total. The lowest BCUT2D eigenvalue weighted by molar-refractivity contribution is 0.594. The molecule has 0 fully saturated rings. The molecule has 0 N–H and O–H groups in total. The van der Waals surface area contributed by atoms with E-state index in [1.165, 1.54) is 0 Å². The lowest BCUT2D eigenvalue weighted by Crippen LogP contribution is -2.25. The van der Waals surface area contributed by atoms with Crippen LogP contribution >= 0.6 is 11.6 Å². The number of nitrogens with zero attached hydrogens (tertiary/aromatic N) is 3. The number of aromatic nitrogens is 3. The Balaban J connectivity index is 2.36. The largest absolute Gasteiger partial charge is 0.287 e. The van der Waals surface area contributed by atoms with Crippen molar-refractivity contribution in [2.45, 2.75) is 19.9 Å². The average Bonchev–Trinajstić information content (AvgIpc) is 2.47. The number of halogens is 1. The van der Waals surface area contributed by atoms with E-state index in [0.29, 0.717) is 21.9 Å². The van der Waals surface area contributed by atoms with E-state index in [-0.39, 0.29) is 11.6 Å². The summed E-state index contributed by atoms with van der Waals surface area (Å²) in [6.07, 6.45) is 1.67. The molecule has 2 aromatic heterocycles. The fourth-order valence-corrected chi connectivity index (χ4v) is 2.44. The van der Waals surface area contributed by atoms with E-state index in [1.807, 2.05) is 26.0 Å². The molecule has 0 saturated carbocycles. The maximum Gasteiger partial charge on any atom is 0.278 e. The SMILES string of the molecule is CC(C)n1c(=O)c(-c2ccc(Cl)cc2)nc2cccnc21. The smallest absolute Gasteiger partial charge is 0.278 e. The van der Waals surface area contributed by atoms with Crippen molar-refractivity contribution in [2.75, 3.05) is 0 Å². The van der Waals surface area contributed by atoms with Crippen molar-refractivity contribution in [3.63, 3.8) is 0 Å². The van der Waals surface area contributed by atoms with Crippen LogP contribution in [0.1, 0.15) is 19.9 Å². The van der Waals surface area contributed by atoms with Crippen LogP contribution in [0.15, 0.2) is 47.4 Å². The molecule has 0 radical (unpaired) electrons. The number of fused-ring (bicyclic) bond motifs is 1. The average molecular weight is 300 g/mol. The predicted molar refractivity (Wildman–Crippen MR) is 84.6 cm³/mol. The van der Waals surface area contributed by atoms with Gasteiger partial charge in [0.25, 0.3) is 5.56 Å². The van der Waals surface area contributed by atoms with Crippen molar-refractivity contribution in [1.29, 1.82) is 0 Å². The van der Waals surface area contributed by atoms with E-state index in [9.17, 15) is 4.79 Å². The van der Waals surface area contributed by atoms with Crippen LogP contribution in [0.5, 0.6) is 0 Å². The first-order chi connectivity index (χ1) is 10.1. The summed E-state index contributed by atoms with van der Waals surface area (Å²) in [5, 5.41) is 0.630.